The first-order valence-corrected chi connectivity index (χ1v) is 9.07. The van der Waals surface area contributed by atoms with Crippen molar-refractivity contribution >= 4 is 45.5 Å². The molecule has 9 heteroatoms. The van der Waals surface area contributed by atoms with E-state index in [1.807, 2.05) is 0 Å². The van der Waals surface area contributed by atoms with E-state index >= 15 is 0 Å². The van der Waals surface area contributed by atoms with Crippen molar-refractivity contribution in [2.75, 3.05) is 12.4 Å². The van der Waals surface area contributed by atoms with Gasteiger partial charge in [-0.15, -0.1) is 0 Å². The standard InChI is InChI=1S/C20H15BrN2O6/c1-27-20(26)12-4-2-5-13(10-12)22-18(24)15(11-14-6-3-9-28-14)23-19(25)16-7-8-17(21)29-16/h2-11H,1H3,(H,22,24)(H,23,25)/b15-11+. The van der Waals surface area contributed by atoms with Gasteiger partial charge in [-0.1, -0.05) is 6.07 Å². The number of esters is 1. The smallest absolute Gasteiger partial charge is 0.337 e. The molecule has 2 aromatic heterocycles. The molecule has 0 saturated carbocycles. The molecule has 2 amide bonds. The number of ether oxygens (including phenoxy) is 1. The van der Waals surface area contributed by atoms with Crippen molar-refractivity contribution in [3.8, 4) is 0 Å². The van der Waals surface area contributed by atoms with Gasteiger partial charge in [0.25, 0.3) is 11.8 Å². The highest BCUT2D eigenvalue weighted by molar-refractivity contribution is 9.10. The number of carbonyl (C=O) groups is 3. The molecule has 8 nitrogen and oxygen atoms in total. The van der Waals surface area contributed by atoms with E-state index in [1.54, 1.807) is 36.4 Å². The predicted molar refractivity (Wildman–Crippen MR) is 107 cm³/mol. The van der Waals surface area contributed by atoms with Gasteiger partial charge < -0.3 is 24.2 Å². The van der Waals surface area contributed by atoms with Crippen LogP contribution in [0.1, 0.15) is 26.7 Å². The van der Waals surface area contributed by atoms with Crippen LogP contribution in [-0.2, 0) is 9.53 Å². The van der Waals surface area contributed by atoms with Crippen molar-refractivity contribution in [3.63, 3.8) is 0 Å². The summed E-state index contributed by atoms with van der Waals surface area (Å²) in [5, 5.41) is 5.12. The molecule has 2 heterocycles. The number of furan rings is 2. The van der Waals surface area contributed by atoms with Crippen LogP contribution in [0.2, 0.25) is 0 Å². The van der Waals surface area contributed by atoms with Gasteiger partial charge in [0.1, 0.15) is 11.5 Å². The fraction of sp³-hybridized carbons (Fsp3) is 0.0500. The Hall–Kier alpha value is -3.59. The number of anilines is 1. The summed E-state index contributed by atoms with van der Waals surface area (Å²) in [7, 11) is 1.26. The molecule has 0 aliphatic carbocycles. The summed E-state index contributed by atoms with van der Waals surface area (Å²) in [5.41, 5.74) is 0.533. The molecule has 0 atom stereocenters. The average Bonchev–Trinajstić information content (AvgIpc) is 3.38. The minimum absolute atomic E-state index is 0.0164. The van der Waals surface area contributed by atoms with E-state index in [2.05, 4.69) is 31.3 Å². The van der Waals surface area contributed by atoms with Crippen LogP contribution in [0.4, 0.5) is 5.69 Å². The zero-order valence-corrected chi connectivity index (χ0v) is 16.7. The lowest BCUT2D eigenvalue weighted by Crippen LogP contribution is -2.30. The Morgan fingerprint density at radius 1 is 1.10 bits per heavy atom. The summed E-state index contributed by atoms with van der Waals surface area (Å²) in [6.07, 6.45) is 2.81. The molecule has 0 saturated heterocycles. The molecule has 0 unspecified atom stereocenters. The van der Waals surface area contributed by atoms with Crippen LogP contribution in [-0.4, -0.2) is 24.9 Å². The van der Waals surface area contributed by atoms with Gasteiger partial charge in [-0.05, 0) is 58.4 Å². The van der Waals surface area contributed by atoms with E-state index in [9.17, 15) is 14.4 Å². The highest BCUT2D eigenvalue weighted by Crippen LogP contribution is 2.16. The second-order valence-corrected chi connectivity index (χ2v) is 6.44. The Kier molecular flexibility index (Phi) is 6.30. The lowest BCUT2D eigenvalue weighted by Gasteiger charge is -2.10. The number of methoxy groups -OCH3 is 1. The molecule has 0 aliphatic heterocycles. The number of benzene rings is 1. The second kappa shape index (κ2) is 9.07. The number of nitrogens with one attached hydrogen (secondary N) is 2. The number of halogens is 1. The van der Waals surface area contributed by atoms with Crippen LogP contribution < -0.4 is 10.6 Å². The van der Waals surface area contributed by atoms with Crippen LogP contribution in [0.15, 0.2) is 74.0 Å². The van der Waals surface area contributed by atoms with Crippen LogP contribution in [0.3, 0.4) is 0 Å². The zero-order valence-electron chi connectivity index (χ0n) is 15.1. The summed E-state index contributed by atoms with van der Waals surface area (Å²) in [6, 6.07) is 12.5. The highest BCUT2D eigenvalue weighted by atomic mass is 79.9. The Labute approximate surface area is 173 Å². The lowest BCUT2D eigenvalue weighted by atomic mass is 10.2. The minimum atomic E-state index is -0.623. The maximum absolute atomic E-state index is 12.8. The number of amides is 2. The summed E-state index contributed by atoms with van der Waals surface area (Å²) in [5.74, 6) is -1.40. The summed E-state index contributed by atoms with van der Waals surface area (Å²) in [6.45, 7) is 0. The van der Waals surface area contributed by atoms with Crippen molar-refractivity contribution in [2.45, 2.75) is 0 Å². The molecule has 3 aromatic rings. The molecule has 0 spiro atoms. The quantitative estimate of drug-likeness (QED) is 0.428. The number of hydrogen-bond donors (Lipinski definition) is 2. The van der Waals surface area contributed by atoms with Crippen molar-refractivity contribution in [3.05, 3.63) is 82.2 Å². The van der Waals surface area contributed by atoms with Crippen LogP contribution in [0, 0.1) is 0 Å². The van der Waals surface area contributed by atoms with Crippen molar-refractivity contribution < 1.29 is 28.0 Å². The minimum Gasteiger partial charge on any atom is -0.465 e. The van der Waals surface area contributed by atoms with E-state index < -0.39 is 17.8 Å². The van der Waals surface area contributed by atoms with Gasteiger partial charge in [-0.3, -0.25) is 9.59 Å². The molecule has 0 aliphatic rings. The van der Waals surface area contributed by atoms with Crippen molar-refractivity contribution in [1.29, 1.82) is 0 Å². The average molecular weight is 459 g/mol. The van der Waals surface area contributed by atoms with Gasteiger partial charge in [0, 0.05) is 11.8 Å². The Bertz CT molecular complexity index is 1070. The monoisotopic (exact) mass is 458 g/mol. The molecule has 2 N–H and O–H groups in total. The maximum Gasteiger partial charge on any atom is 0.337 e. The summed E-state index contributed by atoms with van der Waals surface area (Å²) < 4.78 is 15.5. The molecular weight excluding hydrogens is 444 g/mol. The Balaban J connectivity index is 1.83. The Morgan fingerprint density at radius 2 is 1.93 bits per heavy atom. The van der Waals surface area contributed by atoms with Gasteiger partial charge in [0.05, 0.1) is 18.9 Å². The molecule has 148 valence electrons. The van der Waals surface area contributed by atoms with Gasteiger partial charge in [-0.25, -0.2) is 4.79 Å². The normalized spacial score (nSPS) is 11.0. The largest absolute Gasteiger partial charge is 0.465 e. The third-order valence-corrected chi connectivity index (χ3v) is 4.09. The first-order chi connectivity index (χ1) is 14.0. The van der Waals surface area contributed by atoms with Crippen LogP contribution >= 0.6 is 15.9 Å². The molecule has 0 bridgehead atoms. The zero-order chi connectivity index (χ0) is 20.8. The van der Waals surface area contributed by atoms with Gasteiger partial charge in [0.2, 0.25) is 0 Å². The van der Waals surface area contributed by atoms with Gasteiger partial charge >= 0.3 is 5.97 Å². The SMILES string of the molecule is COC(=O)c1cccc(NC(=O)/C(=C\c2ccco2)NC(=O)c2ccc(Br)o2)c1. The summed E-state index contributed by atoms with van der Waals surface area (Å²) in [4.78, 5) is 36.8. The van der Waals surface area contributed by atoms with Gasteiger partial charge in [-0.2, -0.15) is 0 Å². The van der Waals surface area contributed by atoms with Crippen molar-refractivity contribution in [1.82, 2.24) is 5.32 Å². The molecular formula is C20H15BrN2O6. The van der Waals surface area contributed by atoms with Gasteiger partial charge in [0.15, 0.2) is 10.4 Å². The molecule has 0 radical (unpaired) electrons. The number of carbonyl (C=O) groups excluding carboxylic acids is 3. The van der Waals surface area contributed by atoms with E-state index in [0.29, 0.717) is 16.1 Å². The molecule has 29 heavy (non-hydrogen) atoms. The van der Waals surface area contributed by atoms with E-state index in [4.69, 9.17) is 8.83 Å². The third kappa shape index (κ3) is 5.23. The van der Waals surface area contributed by atoms with E-state index in [-0.39, 0.29) is 17.0 Å². The predicted octanol–water partition coefficient (Wildman–Crippen LogP) is 3.83. The van der Waals surface area contributed by atoms with Crippen LogP contribution in [0.25, 0.3) is 6.08 Å². The fourth-order valence-corrected chi connectivity index (χ4v) is 2.64. The van der Waals surface area contributed by atoms with E-state index in [1.165, 1.54) is 31.6 Å². The molecule has 1 aromatic carbocycles. The summed E-state index contributed by atoms with van der Waals surface area (Å²) >= 11 is 3.12. The number of hydrogen-bond acceptors (Lipinski definition) is 6. The first kappa shape index (κ1) is 20.2. The molecule has 3 rings (SSSR count). The topological polar surface area (TPSA) is 111 Å². The van der Waals surface area contributed by atoms with E-state index in [0.717, 1.165) is 0 Å². The maximum atomic E-state index is 12.8. The highest BCUT2D eigenvalue weighted by Gasteiger charge is 2.18. The first-order valence-electron chi connectivity index (χ1n) is 8.28. The number of rotatable bonds is 6. The fourth-order valence-electron chi connectivity index (χ4n) is 2.33. The molecule has 0 fully saturated rings. The van der Waals surface area contributed by atoms with Crippen LogP contribution in [0.5, 0.6) is 0 Å². The Morgan fingerprint density at radius 3 is 2.59 bits per heavy atom. The second-order valence-electron chi connectivity index (χ2n) is 5.66. The third-order valence-electron chi connectivity index (χ3n) is 3.66. The lowest BCUT2D eigenvalue weighted by molar-refractivity contribution is -0.113. The van der Waals surface area contributed by atoms with Crippen molar-refractivity contribution in [2.24, 2.45) is 0 Å².